The fourth-order valence-electron chi connectivity index (χ4n) is 3.14. The van der Waals surface area contributed by atoms with Gasteiger partial charge in [0, 0.05) is 25.4 Å². The van der Waals surface area contributed by atoms with Crippen molar-refractivity contribution in [1.29, 1.82) is 0 Å². The largest absolute Gasteiger partial charge is 0.445 e. The summed E-state index contributed by atoms with van der Waals surface area (Å²) in [6, 6.07) is 9.57. The van der Waals surface area contributed by atoms with Crippen LogP contribution in [0.3, 0.4) is 0 Å². The Kier molecular flexibility index (Phi) is 6.15. The minimum Gasteiger partial charge on any atom is -0.445 e. The summed E-state index contributed by atoms with van der Waals surface area (Å²) in [6.45, 7) is 2.83. The Morgan fingerprint density at radius 3 is 2.69 bits per heavy atom. The maximum Gasteiger partial charge on any atom is 0.410 e. The lowest BCUT2D eigenvalue weighted by atomic mass is 9.90. The second-order valence-electron chi connectivity index (χ2n) is 6.75. The minimum absolute atomic E-state index is 0.0695. The van der Waals surface area contributed by atoms with Gasteiger partial charge in [-0.05, 0) is 37.3 Å². The Morgan fingerprint density at radius 2 is 2.00 bits per heavy atom. The zero-order chi connectivity index (χ0) is 18.4. The molecule has 0 radical (unpaired) electrons. The van der Waals surface area contributed by atoms with Crippen LogP contribution in [-0.4, -0.2) is 40.2 Å². The fraction of sp³-hybridized carbons (Fsp3) is 0.450. The number of aryl methyl sites for hydroxylation is 2. The first-order valence-corrected chi connectivity index (χ1v) is 8.99. The third-order valence-corrected chi connectivity index (χ3v) is 4.78. The van der Waals surface area contributed by atoms with Gasteiger partial charge in [0.1, 0.15) is 18.6 Å². The standard InChI is InChI=1S/C20H24FN3O2/c1-15-3-5-16(6-4-15)14-26-20(25)24-12-9-17(18(21)13-24)7-8-19-22-10-2-11-23-19/h2-6,10-11,17-18H,7-9,12-14H2,1H3/t17-,18+/m0/s1. The average Bonchev–Trinajstić information content (AvgIpc) is 2.67. The summed E-state index contributed by atoms with van der Waals surface area (Å²) >= 11 is 0. The Morgan fingerprint density at radius 1 is 1.27 bits per heavy atom. The van der Waals surface area contributed by atoms with Gasteiger partial charge in [0.05, 0.1) is 6.54 Å². The van der Waals surface area contributed by atoms with Crippen molar-refractivity contribution in [3.8, 4) is 0 Å². The average molecular weight is 357 g/mol. The molecule has 6 heteroatoms. The van der Waals surface area contributed by atoms with Gasteiger partial charge in [0.2, 0.25) is 0 Å². The summed E-state index contributed by atoms with van der Waals surface area (Å²) < 4.78 is 19.8. The molecule has 0 aliphatic carbocycles. The summed E-state index contributed by atoms with van der Waals surface area (Å²) in [5, 5.41) is 0. The second-order valence-corrected chi connectivity index (χ2v) is 6.75. The van der Waals surface area contributed by atoms with Gasteiger partial charge in [0.15, 0.2) is 0 Å². The van der Waals surface area contributed by atoms with Crippen LogP contribution in [0.5, 0.6) is 0 Å². The number of benzene rings is 1. The highest BCUT2D eigenvalue weighted by molar-refractivity contribution is 5.67. The highest BCUT2D eigenvalue weighted by Gasteiger charge is 2.32. The van der Waals surface area contributed by atoms with E-state index in [1.54, 1.807) is 18.5 Å². The molecule has 1 aliphatic heterocycles. The molecule has 3 rings (SSSR count). The van der Waals surface area contributed by atoms with E-state index in [2.05, 4.69) is 9.97 Å². The number of ether oxygens (including phenoxy) is 1. The van der Waals surface area contributed by atoms with Crippen LogP contribution in [0.15, 0.2) is 42.7 Å². The van der Waals surface area contributed by atoms with E-state index in [-0.39, 0.29) is 19.1 Å². The topological polar surface area (TPSA) is 55.3 Å². The summed E-state index contributed by atoms with van der Waals surface area (Å²) in [6.07, 6.45) is 3.89. The Bertz CT molecular complexity index is 709. The van der Waals surface area contributed by atoms with E-state index in [1.807, 2.05) is 31.2 Å². The predicted octanol–water partition coefficient (Wildman–Crippen LogP) is 3.71. The Balaban J connectivity index is 1.43. The highest BCUT2D eigenvalue weighted by Crippen LogP contribution is 2.25. The van der Waals surface area contributed by atoms with Crippen LogP contribution in [0.4, 0.5) is 9.18 Å². The van der Waals surface area contributed by atoms with E-state index in [0.717, 1.165) is 17.0 Å². The van der Waals surface area contributed by atoms with E-state index >= 15 is 0 Å². The second kappa shape index (κ2) is 8.74. The smallest absolute Gasteiger partial charge is 0.410 e. The fourth-order valence-corrected chi connectivity index (χ4v) is 3.14. The van der Waals surface area contributed by atoms with E-state index in [0.29, 0.717) is 25.8 Å². The zero-order valence-electron chi connectivity index (χ0n) is 15.0. The van der Waals surface area contributed by atoms with Gasteiger partial charge in [-0.2, -0.15) is 0 Å². The quantitative estimate of drug-likeness (QED) is 0.818. The van der Waals surface area contributed by atoms with Crippen LogP contribution in [0.1, 0.15) is 29.8 Å². The molecule has 0 saturated carbocycles. The monoisotopic (exact) mass is 357 g/mol. The van der Waals surface area contributed by atoms with E-state index < -0.39 is 12.3 Å². The molecule has 1 aliphatic rings. The van der Waals surface area contributed by atoms with Crippen LogP contribution in [0.2, 0.25) is 0 Å². The minimum atomic E-state index is -1.04. The molecule has 1 saturated heterocycles. The van der Waals surface area contributed by atoms with Crippen LogP contribution in [0.25, 0.3) is 0 Å². The number of amides is 1. The van der Waals surface area contributed by atoms with Gasteiger partial charge in [-0.15, -0.1) is 0 Å². The van der Waals surface area contributed by atoms with Gasteiger partial charge in [-0.1, -0.05) is 29.8 Å². The van der Waals surface area contributed by atoms with Crippen molar-refractivity contribution < 1.29 is 13.9 Å². The van der Waals surface area contributed by atoms with Crippen LogP contribution < -0.4 is 0 Å². The first kappa shape index (κ1) is 18.3. The van der Waals surface area contributed by atoms with Crippen molar-refractivity contribution in [3.05, 3.63) is 59.7 Å². The molecule has 1 fully saturated rings. The van der Waals surface area contributed by atoms with Crippen molar-refractivity contribution in [2.24, 2.45) is 5.92 Å². The van der Waals surface area contributed by atoms with Crippen molar-refractivity contribution in [2.75, 3.05) is 13.1 Å². The molecular formula is C20H24FN3O2. The number of likely N-dealkylation sites (tertiary alicyclic amines) is 1. The molecular weight excluding hydrogens is 333 g/mol. The molecule has 2 atom stereocenters. The predicted molar refractivity (Wildman–Crippen MR) is 96.3 cm³/mol. The molecule has 26 heavy (non-hydrogen) atoms. The highest BCUT2D eigenvalue weighted by atomic mass is 19.1. The number of hydrogen-bond donors (Lipinski definition) is 0. The number of aromatic nitrogens is 2. The van der Waals surface area contributed by atoms with Crippen molar-refractivity contribution in [3.63, 3.8) is 0 Å². The maximum atomic E-state index is 14.5. The summed E-state index contributed by atoms with van der Waals surface area (Å²) in [5.74, 6) is 0.666. The number of hydrogen-bond acceptors (Lipinski definition) is 4. The lowest BCUT2D eigenvalue weighted by Crippen LogP contribution is -2.45. The zero-order valence-corrected chi connectivity index (χ0v) is 15.0. The Hall–Kier alpha value is -2.50. The SMILES string of the molecule is Cc1ccc(COC(=O)N2CC[C@H](CCc3ncccn3)[C@H](F)C2)cc1. The van der Waals surface area contributed by atoms with Crippen molar-refractivity contribution in [2.45, 2.75) is 39.0 Å². The number of piperidine rings is 1. The molecule has 5 nitrogen and oxygen atoms in total. The third kappa shape index (κ3) is 5.00. The van der Waals surface area contributed by atoms with E-state index in [9.17, 15) is 9.18 Å². The van der Waals surface area contributed by atoms with Gasteiger partial charge in [-0.3, -0.25) is 0 Å². The molecule has 0 spiro atoms. The molecule has 0 bridgehead atoms. The number of carbonyl (C=O) groups excluding carboxylic acids is 1. The molecule has 1 aromatic heterocycles. The normalized spacial score (nSPS) is 20.0. The van der Waals surface area contributed by atoms with E-state index in [4.69, 9.17) is 4.74 Å². The molecule has 1 aromatic carbocycles. The summed E-state index contributed by atoms with van der Waals surface area (Å²) in [4.78, 5) is 22.0. The number of alkyl halides is 1. The molecule has 2 aromatic rings. The summed E-state index contributed by atoms with van der Waals surface area (Å²) in [5.41, 5.74) is 2.09. The maximum absolute atomic E-state index is 14.5. The lowest BCUT2D eigenvalue weighted by Gasteiger charge is -2.34. The van der Waals surface area contributed by atoms with Crippen LogP contribution >= 0.6 is 0 Å². The molecule has 0 N–H and O–H groups in total. The molecule has 138 valence electrons. The third-order valence-electron chi connectivity index (χ3n) is 4.78. The van der Waals surface area contributed by atoms with Gasteiger partial charge in [0.25, 0.3) is 0 Å². The molecule has 0 unspecified atom stereocenters. The Labute approximate surface area is 153 Å². The lowest BCUT2D eigenvalue weighted by molar-refractivity contribution is 0.0497. The summed E-state index contributed by atoms with van der Waals surface area (Å²) in [7, 11) is 0. The number of nitrogens with zero attached hydrogens (tertiary/aromatic N) is 3. The van der Waals surface area contributed by atoms with Crippen molar-refractivity contribution >= 4 is 6.09 Å². The first-order valence-electron chi connectivity index (χ1n) is 8.99. The van der Waals surface area contributed by atoms with Gasteiger partial charge >= 0.3 is 6.09 Å². The van der Waals surface area contributed by atoms with E-state index in [1.165, 1.54) is 4.90 Å². The van der Waals surface area contributed by atoms with Crippen molar-refractivity contribution in [1.82, 2.24) is 14.9 Å². The van der Waals surface area contributed by atoms with Gasteiger partial charge in [-0.25, -0.2) is 19.2 Å². The number of rotatable bonds is 5. The molecule has 2 heterocycles. The van der Waals surface area contributed by atoms with Crippen LogP contribution in [0, 0.1) is 12.8 Å². The number of carbonyl (C=O) groups is 1. The van der Waals surface area contributed by atoms with Gasteiger partial charge < -0.3 is 9.64 Å². The molecule has 1 amide bonds. The van der Waals surface area contributed by atoms with Crippen LogP contribution in [-0.2, 0) is 17.8 Å². The number of halogens is 1. The first-order chi connectivity index (χ1) is 12.6.